The van der Waals surface area contributed by atoms with E-state index in [1.54, 1.807) is 6.20 Å². The first-order valence-corrected chi connectivity index (χ1v) is 11.0. The van der Waals surface area contributed by atoms with Crippen LogP contribution in [0.3, 0.4) is 0 Å². The van der Waals surface area contributed by atoms with Gasteiger partial charge in [-0.05, 0) is 66.7 Å². The van der Waals surface area contributed by atoms with Gasteiger partial charge in [-0.25, -0.2) is 9.78 Å². The van der Waals surface area contributed by atoms with E-state index < -0.39 is 6.09 Å². The maximum Gasteiger partial charge on any atom is 0.411 e. The van der Waals surface area contributed by atoms with Crippen LogP contribution in [0, 0.1) is 0 Å². The summed E-state index contributed by atoms with van der Waals surface area (Å²) in [6.45, 7) is 3.33. The van der Waals surface area contributed by atoms with E-state index in [1.165, 1.54) is 0 Å². The number of hydrogen-bond acceptors (Lipinski definition) is 6. The fourth-order valence-electron chi connectivity index (χ4n) is 3.82. The lowest BCUT2D eigenvalue weighted by Crippen LogP contribution is -2.34. The predicted octanol–water partition coefficient (Wildman–Crippen LogP) is 4.57. The van der Waals surface area contributed by atoms with Gasteiger partial charge in [-0.3, -0.25) is 0 Å². The third-order valence-electron chi connectivity index (χ3n) is 5.68. The van der Waals surface area contributed by atoms with Crippen LogP contribution in [0.15, 0.2) is 48.7 Å². The molecule has 1 amide bonds. The zero-order valence-electron chi connectivity index (χ0n) is 18.0. The van der Waals surface area contributed by atoms with Crippen molar-refractivity contribution < 1.29 is 14.3 Å². The molecule has 1 aliphatic rings. The van der Waals surface area contributed by atoms with Gasteiger partial charge >= 0.3 is 6.09 Å². The Morgan fingerprint density at radius 2 is 2.03 bits per heavy atom. The predicted molar refractivity (Wildman–Crippen MR) is 126 cm³/mol. The number of carbonyl (C=O) groups excluding carboxylic acids is 1. The standard InChI is InChI=1S/C24H27ClN4O3/c1-29-10-7-20(8-11-29)31-15-16-2-3-18(22(25)12-16)14-28-19-4-5-21-17(13-19)6-9-27-23(21)32-24(26)30/h2-6,9,12-13,20,28H,7-8,10-11,14-15H2,1H3,(H2,26,30). The van der Waals surface area contributed by atoms with E-state index >= 15 is 0 Å². The summed E-state index contributed by atoms with van der Waals surface area (Å²) >= 11 is 6.53. The monoisotopic (exact) mass is 454 g/mol. The smallest absolute Gasteiger partial charge is 0.391 e. The Balaban J connectivity index is 1.36. The molecule has 168 valence electrons. The second-order valence-electron chi connectivity index (χ2n) is 8.07. The lowest BCUT2D eigenvalue weighted by molar-refractivity contribution is 0.00213. The number of halogens is 1. The fourth-order valence-corrected chi connectivity index (χ4v) is 4.09. The summed E-state index contributed by atoms with van der Waals surface area (Å²) in [4.78, 5) is 17.5. The number of rotatable bonds is 7. The van der Waals surface area contributed by atoms with Gasteiger partial charge in [0.15, 0.2) is 0 Å². The molecular weight excluding hydrogens is 428 g/mol. The molecule has 0 spiro atoms. The number of ether oxygens (including phenoxy) is 2. The van der Waals surface area contributed by atoms with E-state index in [0.29, 0.717) is 29.7 Å². The molecule has 2 aromatic carbocycles. The van der Waals surface area contributed by atoms with Crippen molar-refractivity contribution in [1.29, 1.82) is 0 Å². The number of nitrogens with one attached hydrogen (secondary N) is 1. The van der Waals surface area contributed by atoms with Crippen LogP contribution in [0.1, 0.15) is 24.0 Å². The first-order chi connectivity index (χ1) is 15.5. The summed E-state index contributed by atoms with van der Waals surface area (Å²) in [5.74, 6) is 0.197. The molecule has 32 heavy (non-hydrogen) atoms. The van der Waals surface area contributed by atoms with E-state index in [4.69, 9.17) is 26.8 Å². The number of anilines is 1. The highest BCUT2D eigenvalue weighted by Crippen LogP contribution is 2.27. The van der Waals surface area contributed by atoms with Crippen molar-refractivity contribution in [3.8, 4) is 5.88 Å². The number of piperidine rings is 1. The molecule has 0 aliphatic carbocycles. The van der Waals surface area contributed by atoms with Gasteiger partial charge in [0, 0.05) is 41.9 Å². The number of fused-ring (bicyclic) bond motifs is 1. The number of carbonyl (C=O) groups is 1. The van der Waals surface area contributed by atoms with Crippen LogP contribution in [0.25, 0.3) is 10.8 Å². The highest BCUT2D eigenvalue weighted by Gasteiger charge is 2.17. The number of primary amides is 1. The Bertz CT molecular complexity index is 1100. The molecule has 1 fully saturated rings. The molecule has 1 aromatic heterocycles. The maximum atomic E-state index is 11.1. The Labute approximate surface area is 192 Å². The Morgan fingerprint density at radius 1 is 1.22 bits per heavy atom. The summed E-state index contributed by atoms with van der Waals surface area (Å²) in [6, 6.07) is 13.6. The van der Waals surface area contributed by atoms with Gasteiger partial charge in [0.05, 0.1) is 12.7 Å². The van der Waals surface area contributed by atoms with E-state index in [1.807, 2.05) is 36.4 Å². The Morgan fingerprint density at radius 3 is 2.78 bits per heavy atom. The van der Waals surface area contributed by atoms with Crippen molar-refractivity contribution in [2.45, 2.75) is 32.1 Å². The minimum atomic E-state index is -0.887. The molecule has 0 radical (unpaired) electrons. The molecule has 0 atom stereocenters. The average Bonchev–Trinajstić information content (AvgIpc) is 2.78. The molecule has 2 heterocycles. The molecule has 0 unspecified atom stereocenters. The molecule has 0 saturated carbocycles. The number of pyridine rings is 1. The van der Waals surface area contributed by atoms with Crippen molar-refractivity contribution in [3.05, 3.63) is 64.8 Å². The van der Waals surface area contributed by atoms with Crippen molar-refractivity contribution in [3.63, 3.8) is 0 Å². The quantitative estimate of drug-likeness (QED) is 0.543. The number of aromatic nitrogens is 1. The van der Waals surface area contributed by atoms with Crippen LogP contribution in [0.5, 0.6) is 5.88 Å². The third kappa shape index (κ3) is 5.68. The van der Waals surface area contributed by atoms with Gasteiger partial charge < -0.3 is 25.4 Å². The maximum absolute atomic E-state index is 11.1. The molecule has 0 bridgehead atoms. The number of nitrogens with zero attached hydrogens (tertiary/aromatic N) is 2. The van der Waals surface area contributed by atoms with Gasteiger partial charge in [0.2, 0.25) is 5.88 Å². The van der Waals surface area contributed by atoms with E-state index in [-0.39, 0.29) is 5.88 Å². The van der Waals surface area contributed by atoms with Crippen molar-refractivity contribution in [1.82, 2.24) is 9.88 Å². The van der Waals surface area contributed by atoms with Crippen molar-refractivity contribution >= 4 is 34.2 Å². The minimum absolute atomic E-state index is 0.197. The lowest BCUT2D eigenvalue weighted by Gasteiger charge is -2.28. The molecule has 3 aromatic rings. The Kier molecular flexibility index (Phi) is 7.09. The minimum Gasteiger partial charge on any atom is -0.391 e. The summed E-state index contributed by atoms with van der Waals surface area (Å²) in [5, 5.41) is 5.70. The van der Waals surface area contributed by atoms with Crippen LogP contribution >= 0.6 is 11.6 Å². The second kappa shape index (κ2) is 10.2. The van der Waals surface area contributed by atoms with Gasteiger partial charge in [0.1, 0.15) is 0 Å². The molecule has 1 saturated heterocycles. The first kappa shape index (κ1) is 22.3. The van der Waals surface area contributed by atoms with Crippen LogP contribution in [-0.4, -0.2) is 42.2 Å². The van der Waals surface area contributed by atoms with Gasteiger partial charge in [-0.1, -0.05) is 23.7 Å². The summed E-state index contributed by atoms with van der Waals surface area (Å²) in [5.41, 5.74) is 8.11. The van der Waals surface area contributed by atoms with Crippen LogP contribution < -0.4 is 15.8 Å². The SMILES string of the molecule is CN1CCC(OCc2ccc(CNc3ccc4c(OC(N)=O)nccc4c3)c(Cl)c2)CC1. The van der Waals surface area contributed by atoms with Gasteiger partial charge in [-0.2, -0.15) is 0 Å². The number of amides is 1. The zero-order valence-corrected chi connectivity index (χ0v) is 18.8. The van der Waals surface area contributed by atoms with Gasteiger partial charge in [0.25, 0.3) is 0 Å². The van der Waals surface area contributed by atoms with Crippen LogP contribution in [0.2, 0.25) is 5.02 Å². The third-order valence-corrected chi connectivity index (χ3v) is 6.03. The first-order valence-electron chi connectivity index (χ1n) is 10.7. The number of benzene rings is 2. The van der Waals surface area contributed by atoms with Crippen molar-refractivity contribution in [2.24, 2.45) is 5.73 Å². The number of nitrogens with two attached hydrogens (primary N) is 1. The zero-order chi connectivity index (χ0) is 22.5. The second-order valence-corrected chi connectivity index (χ2v) is 8.47. The lowest BCUT2D eigenvalue weighted by atomic mass is 10.1. The van der Waals surface area contributed by atoms with Gasteiger partial charge in [-0.15, -0.1) is 0 Å². The number of hydrogen-bond donors (Lipinski definition) is 2. The molecule has 1 aliphatic heterocycles. The summed E-state index contributed by atoms with van der Waals surface area (Å²) in [6.07, 6.45) is 3.16. The molecule has 3 N–H and O–H groups in total. The molecule has 4 rings (SSSR count). The fraction of sp³-hybridized carbons (Fsp3) is 0.333. The highest BCUT2D eigenvalue weighted by atomic mass is 35.5. The molecule has 7 nitrogen and oxygen atoms in total. The highest BCUT2D eigenvalue weighted by molar-refractivity contribution is 6.31. The van der Waals surface area contributed by atoms with E-state index in [2.05, 4.69) is 28.3 Å². The summed E-state index contributed by atoms with van der Waals surface area (Å²) < 4.78 is 11.0. The Hall–Kier alpha value is -2.87. The normalized spacial score (nSPS) is 15.1. The van der Waals surface area contributed by atoms with Crippen LogP contribution in [-0.2, 0) is 17.9 Å². The topological polar surface area (TPSA) is 89.7 Å². The van der Waals surface area contributed by atoms with Crippen LogP contribution in [0.4, 0.5) is 10.5 Å². The van der Waals surface area contributed by atoms with Crippen molar-refractivity contribution in [2.75, 3.05) is 25.5 Å². The van der Waals surface area contributed by atoms with E-state index in [9.17, 15) is 4.79 Å². The molecular formula is C24H27ClN4O3. The number of likely N-dealkylation sites (tertiary alicyclic amines) is 1. The molecule has 8 heteroatoms. The van der Waals surface area contributed by atoms with E-state index in [0.717, 1.165) is 48.1 Å². The largest absolute Gasteiger partial charge is 0.411 e. The summed E-state index contributed by atoms with van der Waals surface area (Å²) in [7, 11) is 2.15. The average molecular weight is 455 g/mol.